The van der Waals surface area contributed by atoms with Gasteiger partial charge < -0.3 is 4.74 Å². The van der Waals surface area contributed by atoms with Crippen LogP contribution in [0.2, 0.25) is 5.02 Å². The van der Waals surface area contributed by atoms with E-state index in [1.807, 2.05) is 12.1 Å². The van der Waals surface area contributed by atoms with Gasteiger partial charge in [0.2, 0.25) is 0 Å². The van der Waals surface area contributed by atoms with Crippen LogP contribution < -0.4 is 4.74 Å². The van der Waals surface area contributed by atoms with Crippen molar-refractivity contribution in [1.82, 2.24) is 0 Å². The Bertz CT molecular complexity index is 553. The molecule has 0 radical (unpaired) electrons. The third-order valence-corrected chi connectivity index (χ3v) is 5.12. The first kappa shape index (κ1) is 14.7. The average Bonchev–Trinajstić information content (AvgIpc) is 2.90. The number of halogens is 1. The van der Waals surface area contributed by atoms with Crippen molar-refractivity contribution >= 4 is 11.6 Å². The second-order valence-electron chi connectivity index (χ2n) is 6.49. The van der Waals surface area contributed by atoms with E-state index < -0.39 is 0 Å². The van der Waals surface area contributed by atoms with Crippen molar-refractivity contribution in [2.24, 2.45) is 5.41 Å². The minimum absolute atomic E-state index is 0.231. The van der Waals surface area contributed by atoms with Crippen molar-refractivity contribution in [2.75, 3.05) is 6.61 Å². The van der Waals surface area contributed by atoms with Gasteiger partial charge in [-0.2, -0.15) is 5.26 Å². The summed E-state index contributed by atoms with van der Waals surface area (Å²) in [5.74, 6) is 0.996. The zero-order valence-corrected chi connectivity index (χ0v) is 13.2. The smallest absolute Gasteiger partial charge is 0.125 e. The molecule has 0 spiro atoms. The van der Waals surface area contributed by atoms with Crippen molar-refractivity contribution < 1.29 is 4.74 Å². The first-order valence-corrected chi connectivity index (χ1v) is 8.46. The van der Waals surface area contributed by atoms with Crippen LogP contribution in [0.25, 0.3) is 0 Å². The van der Waals surface area contributed by atoms with E-state index in [0.29, 0.717) is 0 Å². The molecule has 1 saturated carbocycles. The van der Waals surface area contributed by atoms with Crippen molar-refractivity contribution in [3.8, 4) is 11.8 Å². The topological polar surface area (TPSA) is 33.0 Å². The second kappa shape index (κ2) is 6.28. The lowest BCUT2D eigenvalue weighted by atomic mass is 9.73. The summed E-state index contributed by atoms with van der Waals surface area (Å²) in [7, 11) is 0. The standard InChI is InChI=1S/C18H22ClNO/c19-16-10-14-6-9-21-17(14)15(11-16)12-18(13-20)7-4-2-1-3-5-8-18/h10-11H,1-9,12H2. The number of fused-ring (bicyclic) bond motifs is 1. The lowest BCUT2D eigenvalue weighted by Crippen LogP contribution is -2.23. The predicted octanol–water partition coefficient (Wildman–Crippen LogP) is 5.07. The molecule has 2 nitrogen and oxygen atoms in total. The zero-order valence-electron chi connectivity index (χ0n) is 12.5. The Hall–Kier alpha value is -1.20. The van der Waals surface area contributed by atoms with Crippen molar-refractivity contribution in [3.63, 3.8) is 0 Å². The molecule has 0 bridgehead atoms. The summed E-state index contributed by atoms with van der Waals surface area (Å²) in [6.45, 7) is 0.738. The first-order valence-electron chi connectivity index (χ1n) is 8.08. The molecule has 0 amide bonds. The lowest BCUT2D eigenvalue weighted by molar-refractivity contribution is 0.281. The molecule has 2 aliphatic rings. The number of rotatable bonds is 2. The summed E-state index contributed by atoms with van der Waals surface area (Å²) in [6, 6.07) is 6.65. The highest BCUT2D eigenvalue weighted by Gasteiger charge is 2.32. The molecular weight excluding hydrogens is 282 g/mol. The summed E-state index contributed by atoms with van der Waals surface area (Å²) in [4.78, 5) is 0. The van der Waals surface area contributed by atoms with Gasteiger partial charge in [0.25, 0.3) is 0 Å². The molecule has 0 aromatic heterocycles. The Kier molecular flexibility index (Phi) is 4.40. The third kappa shape index (κ3) is 3.19. The van der Waals surface area contributed by atoms with E-state index in [1.165, 1.54) is 24.8 Å². The van der Waals surface area contributed by atoms with Gasteiger partial charge in [0, 0.05) is 11.4 Å². The van der Waals surface area contributed by atoms with Crippen LogP contribution in [0.3, 0.4) is 0 Å². The molecule has 0 unspecified atom stereocenters. The van der Waals surface area contributed by atoms with Gasteiger partial charge in [0.1, 0.15) is 5.75 Å². The maximum atomic E-state index is 9.81. The van der Waals surface area contributed by atoms with Crippen LogP contribution in [0.5, 0.6) is 5.75 Å². The summed E-state index contributed by atoms with van der Waals surface area (Å²) in [5.41, 5.74) is 2.11. The van der Waals surface area contributed by atoms with Gasteiger partial charge in [-0.25, -0.2) is 0 Å². The van der Waals surface area contributed by atoms with Crippen LogP contribution in [-0.4, -0.2) is 6.61 Å². The maximum absolute atomic E-state index is 9.81. The summed E-state index contributed by atoms with van der Waals surface area (Å²) in [5, 5.41) is 10.6. The fourth-order valence-corrected chi connectivity index (χ4v) is 4.02. The van der Waals surface area contributed by atoms with E-state index >= 15 is 0 Å². The number of ether oxygens (including phenoxy) is 1. The van der Waals surface area contributed by atoms with E-state index in [2.05, 4.69) is 6.07 Å². The van der Waals surface area contributed by atoms with E-state index in [4.69, 9.17) is 16.3 Å². The van der Waals surface area contributed by atoms with Gasteiger partial charge >= 0.3 is 0 Å². The van der Waals surface area contributed by atoms with Crippen LogP contribution in [0.4, 0.5) is 0 Å². The van der Waals surface area contributed by atoms with Crippen LogP contribution in [0, 0.1) is 16.7 Å². The number of hydrogen-bond acceptors (Lipinski definition) is 2. The van der Waals surface area contributed by atoms with Gasteiger partial charge in [-0.05, 0) is 42.5 Å². The van der Waals surface area contributed by atoms with Crippen molar-refractivity contribution in [2.45, 2.75) is 57.8 Å². The molecule has 3 heteroatoms. The Morgan fingerprint density at radius 2 is 1.86 bits per heavy atom. The zero-order chi connectivity index (χ0) is 14.7. The summed E-state index contributed by atoms with van der Waals surface area (Å²) >= 11 is 6.25. The minimum atomic E-state index is -0.231. The molecule has 1 aliphatic heterocycles. The minimum Gasteiger partial charge on any atom is -0.493 e. The molecule has 1 fully saturated rings. The molecule has 0 N–H and O–H groups in total. The monoisotopic (exact) mass is 303 g/mol. The van der Waals surface area contributed by atoms with Gasteiger partial charge in [-0.1, -0.05) is 43.7 Å². The molecule has 1 aromatic carbocycles. The lowest BCUT2D eigenvalue weighted by Gasteiger charge is -2.29. The average molecular weight is 304 g/mol. The molecule has 1 aromatic rings. The largest absolute Gasteiger partial charge is 0.493 e. The van der Waals surface area contributed by atoms with Gasteiger partial charge in [0.05, 0.1) is 18.1 Å². The van der Waals surface area contributed by atoms with Crippen LogP contribution in [0.1, 0.15) is 56.1 Å². The predicted molar refractivity (Wildman–Crippen MR) is 84.7 cm³/mol. The number of nitriles is 1. The molecule has 0 saturated heterocycles. The highest BCUT2D eigenvalue weighted by molar-refractivity contribution is 6.30. The second-order valence-corrected chi connectivity index (χ2v) is 6.92. The van der Waals surface area contributed by atoms with Gasteiger partial charge in [0.15, 0.2) is 0 Å². The fraction of sp³-hybridized carbons (Fsp3) is 0.611. The molecule has 0 atom stereocenters. The summed E-state index contributed by atoms with van der Waals surface area (Å²) in [6.07, 6.45) is 9.89. The Balaban J connectivity index is 1.88. The quantitative estimate of drug-likeness (QED) is 0.764. The number of nitrogens with zero attached hydrogens (tertiary/aromatic N) is 1. The van der Waals surface area contributed by atoms with Crippen LogP contribution in [0.15, 0.2) is 12.1 Å². The van der Waals surface area contributed by atoms with Gasteiger partial charge in [-0.15, -0.1) is 0 Å². The molecule has 3 rings (SSSR count). The normalized spacial score (nSPS) is 20.8. The van der Waals surface area contributed by atoms with E-state index in [9.17, 15) is 5.26 Å². The molecule has 21 heavy (non-hydrogen) atoms. The Labute approximate surface area is 132 Å². The SMILES string of the molecule is N#CC1(Cc2cc(Cl)cc3c2OCC3)CCCCCCC1. The number of benzene rings is 1. The van der Waals surface area contributed by atoms with E-state index in [0.717, 1.165) is 61.5 Å². The van der Waals surface area contributed by atoms with Crippen molar-refractivity contribution in [3.05, 3.63) is 28.3 Å². The number of hydrogen-bond donors (Lipinski definition) is 0. The van der Waals surface area contributed by atoms with Crippen LogP contribution >= 0.6 is 11.6 Å². The summed E-state index contributed by atoms with van der Waals surface area (Å²) < 4.78 is 5.80. The third-order valence-electron chi connectivity index (χ3n) is 4.90. The first-order chi connectivity index (χ1) is 10.2. The molecular formula is C18H22ClNO. The molecule has 1 heterocycles. The maximum Gasteiger partial charge on any atom is 0.125 e. The van der Waals surface area contributed by atoms with E-state index in [-0.39, 0.29) is 5.41 Å². The fourth-order valence-electron chi connectivity index (χ4n) is 3.75. The van der Waals surface area contributed by atoms with E-state index in [1.54, 1.807) is 0 Å². The van der Waals surface area contributed by atoms with Crippen molar-refractivity contribution in [1.29, 1.82) is 5.26 Å². The molecule has 112 valence electrons. The van der Waals surface area contributed by atoms with Crippen LogP contribution in [-0.2, 0) is 12.8 Å². The highest BCUT2D eigenvalue weighted by atomic mass is 35.5. The highest BCUT2D eigenvalue weighted by Crippen LogP contribution is 2.41. The molecule has 1 aliphatic carbocycles. The Morgan fingerprint density at radius 1 is 1.14 bits per heavy atom. The van der Waals surface area contributed by atoms with Gasteiger partial charge in [-0.3, -0.25) is 0 Å². The Morgan fingerprint density at radius 3 is 2.57 bits per heavy atom.